The predicted molar refractivity (Wildman–Crippen MR) is 81.7 cm³/mol. The van der Waals surface area contributed by atoms with Gasteiger partial charge in [-0.15, -0.1) is 11.3 Å². The summed E-state index contributed by atoms with van der Waals surface area (Å²) in [5, 5.41) is 0. The SMILES string of the molecule is Cc1cc(C(Br)c2ccc(Br)cc2)sc1Br. The van der Waals surface area contributed by atoms with Crippen molar-refractivity contribution in [3.05, 3.63) is 54.6 Å². The quantitative estimate of drug-likeness (QED) is 0.513. The van der Waals surface area contributed by atoms with E-state index in [2.05, 4.69) is 85.0 Å². The molecular weight excluding hydrogens is 416 g/mol. The number of halogens is 3. The fourth-order valence-electron chi connectivity index (χ4n) is 1.40. The van der Waals surface area contributed by atoms with Crippen LogP contribution in [0.4, 0.5) is 0 Å². The average molecular weight is 425 g/mol. The van der Waals surface area contributed by atoms with E-state index < -0.39 is 0 Å². The van der Waals surface area contributed by atoms with Crippen LogP contribution in [0, 0.1) is 6.92 Å². The lowest BCUT2D eigenvalue weighted by Crippen LogP contribution is -1.88. The molecule has 1 unspecified atom stereocenters. The summed E-state index contributed by atoms with van der Waals surface area (Å²) in [7, 11) is 0. The van der Waals surface area contributed by atoms with Gasteiger partial charge in [-0.25, -0.2) is 0 Å². The molecule has 1 heterocycles. The molecule has 0 amide bonds. The Hall–Kier alpha value is 0.360. The van der Waals surface area contributed by atoms with Crippen LogP contribution in [0.2, 0.25) is 0 Å². The molecule has 16 heavy (non-hydrogen) atoms. The zero-order chi connectivity index (χ0) is 11.7. The van der Waals surface area contributed by atoms with E-state index in [9.17, 15) is 0 Å². The summed E-state index contributed by atoms with van der Waals surface area (Å²) in [6.45, 7) is 2.12. The molecule has 0 aliphatic heterocycles. The van der Waals surface area contributed by atoms with Crippen molar-refractivity contribution in [3.8, 4) is 0 Å². The molecule has 2 rings (SSSR count). The largest absolute Gasteiger partial charge is 0.131 e. The van der Waals surface area contributed by atoms with Crippen LogP contribution in [-0.2, 0) is 0 Å². The molecule has 0 bridgehead atoms. The molecule has 1 aromatic carbocycles. The Morgan fingerprint density at radius 1 is 1.12 bits per heavy atom. The lowest BCUT2D eigenvalue weighted by Gasteiger charge is -2.07. The van der Waals surface area contributed by atoms with Crippen molar-refractivity contribution in [2.45, 2.75) is 11.8 Å². The number of aryl methyl sites for hydroxylation is 1. The van der Waals surface area contributed by atoms with Crippen molar-refractivity contribution in [2.24, 2.45) is 0 Å². The van der Waals surface area contributed by atoms with Crippen molar-refractivity contribution < 1.29 is 0 Å². The molecule has 84 valence electrons. The van der Waals surface area contributed by atoms with E-state index in [0.717, 1.165) is 4.47 Å². The van der Waals surface area contributed by atoms with E-state index in [1.54, 1.807) is 11.3 Å². The molecule has 4 heteroatoms. The van der Waals surface area contributed by atoms with Crippen LogP contribution in [0.5, 0.6) is 0 Å². The van der Waals surface area contributed by atoms with Crippen LogP contribution in [-0.4, -0.2) is 0 Å². The summed E-state index contributed by atoms with van der Waals surface area (Å²) in [4.78, 5) is 1.60. The predicted octanol–water partition coefficient (Wildman–Crippen LogP) is 6.07. The number of benzene rings is 1. The first-order chi connectivity index (χ1) is 7.58. The van der Waals surface area contributed by atoms with Gasteiger partial charge < -0.3 is 0 Å². The Morgan fingerprint density at radius 3 is 2.25 bits per heavy atom. The van der Waals surface area contributed by atoms with Gasteiger partial charge in [0.1, 0.15) is 0 Å². The molecule has 0 aliphatic rings. The van der Waals surface area contributed by atoms with Gasteiger partial charge in [0.2, 0.25) is 0 Å². The van der Waals surface area contributed by atoms with Crippen LogP contribution in [0.25, 0.3) is 0 Å². The van der Waals surface area contributed by atoms with E-state index in [-0.39, 0.29) is 4.83 Å². The standard InChI is InChI=1S/C12H9Br3S/c1-7-6-10(16-12(7)15)11(14)8-2-4-9(13)5-3-8/h2-6,11H,1H3. The summed E-state index contributed by atoms with van der Waals surface area (Å²) < 4.78 is 2.32. The third-order valence-electron chi connectivity index (χ3n) is 2.29. The highest BCUT2D eigenvalue weighted by Crippen LogP contribution is 2.39. The molecule has 0 saturated carbocycles. The average Bonchev–Trinajstić information content (AvgIpc) is 2.59. The van der Waals surface area contributed by atoms with Crippen LogP contribution in [0.1, 0.15) is 20.8 Å². The van der Waals surface area contributed by atoms with Crippen LogP contribution >= 0.6 is 59.1 Å². The van der Waals surface area contributed by atoms with Gasteiger partial charge in [-0.3, -0.25) is 0 Å². The molecule has 0 N–H and O–H groups in total. The monoisotopic (exact) mass is 422 g/mol. The minimum Gasteiger partial charge on any atom is -0.131 e. The summed E-state index contributed by atoms with van der Waals surface area (Å²) in [5.41, 5.74) is 2.57. The maximum atomic E-state index is 3.74. The molecule has 0 saturated heterocycles. The second-order valence-corrected chi connectivity index (χ2v) is 7.75. The second-order valence-electron chi connectivity index (χ2n) is 3.52. The van der Waals surface area contributed by atoms with Crippen molar-refractivity contribution in [2.75, 3.05) is 0 Å². The maximum absolute atomic E-state index is 3.74. The molecule has 0 nitrogen and oxygen atoms in total. The van der Waals surface area contributed by atoms with E-state index >= 15 is 0 Å². The van der Waals surface area contributed by atoms with Crippen molar-refractivity contribution >= 4 is 59.1 Å². The Kier molecular flexibility index (Phi) is 4.27. The lowest BCUT2D eigenvalue weighted by molar-refractivity contribution is 1.22. The van der Waals surface area contributed by atoms with Crippen LogP contribution in [0.15, 0.2) is 38.6 Å². The molecule has 2 aromatic rings. The first-order valence-electron chi connectivity index (χ1n) is 4.73. The Morgan fingerprint density at radius 2 is 1.75 bits per heavy atom. The third kappa shape index (κ3) is 2.78. The lowest BCUT2D eigenvalue weighted by atomic mass is 10.1. The van der Waals surface area contributed by atoms with Crippen molar-refractivity contribution in [3.63, 3.8) is 0 Å². The Balaban J connectivity index is 2.31. The highest BCUT2D eigenvalue weighted by molar-refractivity contribution is 9.11. The molecule has 0 spiro atoms. The van der Waals surface area contributed by atoms with Gasteiger partial charge in [0, 0.05) is 9.35 Å². The summed E-state index contributed by atoms with van der Waals surface area (Å²) >= 11 is 12.5. The summed E-state index contributed by atoms with van der Waals surface area (Å²) in [5.74, 6) is 0. The number of hydrogen-bond donors (Lipinski definition) is 0. The summed E-state index contributed by atoms with van der Waals surface area (Å²) in [6, 6.07) is 10.6. The van der Waals surface area contributed by atoms with E-state index in [0.29, 0.717) is 0 Å². The van der Waals surface area contributed by atoms with Gasteiger partial charge in [0.05, 0.1) is 8.61 Å². The smallest absolute Gasteiger partial charge is 0.0738 e. The summed E-state index contributed by atoms with van der Waals surface area (Å²) in [6.07, 6.45) is 0. The molecule has 1 aromatic heterocycles. The molecule has 0 aliphatic carbocycles. The second kappa shape index (κ2) is 5.34. The van der Waals surface area contributed by atoms with Gasteiger partial charge >= 0.3 is 0 Å². The van der Waals surface area contributed by atoms with Crippen molar-refractivity contribution in [1.82, 2.24) is 0 Å². The zero-order valence-electron chi connectivity index (χ0n) is 8.51. The topological polar surface area (TPSA) is 0 Å². The van der Waals surface area contributed by atoms with Gasteiger partial charge in [-0.2, -0.15) is 0 Å². The number of thiophene rings is 1. The first kappa shape index (κ1) is 12.8. The van der Waals surface area contributed by atoms with E-state index in [1.807, 2.05) is 0 Å². The van der Waals surface area contributed by atoms with E-state index in [4.69, 9.17) is 0 Å². The zero-order valence-corrected chi connectivity index (χ0v) is 14.1. The molecular formula is C12H9Br3S. The number of rotatable bonds is 2. The maximum Gasteiger partial charge on any atom is 0.0738 e. The molecule has 1 atom stereocenters. The van der Waals surface area contributed by atoms with Gasteiger partial charge in [0.15, 0.2) is 0 Å². The van der Waals surface area contributed by atoms with Crippen LogP contribution < -0.4 is 0 Å². The highest BCUT2D eigenvalue weighted by atomic mass is 79.9. The molecule has 0 fully saturated rings. The minimum atomic E-state index is 0.274. The molecule has 0 radical (unpaired) electrons. The Bertz CT molecular complexity index is 468. The normalized spacial score (nSPS) is 12.8. The van der Waals surface area contributed by atoms with Gasteiger partial charge in [-0.1, -0.05) is 44.0 Å². The fraction of sp³-hybridized carbons (Fsp3) is 0.167. The number of alkyl halides is 1. The van der Waals surface area contributed by atoms with Gasteiger partial charge in [-0.05, 0) is 52.2 Å². The fourth-order valence-corrected chi connectivity index (χ4v) is 3.96. The van der Waals surface area contributed by atoms with Gasteiger partial charge in [0.25, 0.3) is 0 Å². The Labute approximate surface area is 124 Å². The third-order valence-corrected chi connectivity index (χ3v) is 6.34. The number of hydrogen-bond acceptors (Lipinski definition) is 1. The van der Waals surface area contributed by atoms with Crippen molar-refractivity contribution in [1.29, 1.82) is 0 Å². The van der Waals surface area contributed by atoms with Crippen LogP contribution in [0.3, 0.4) is 0 Å². The van der Waals surface area contributed by atoms with E-state index in [1.165, 1.54) is 19.8 Å². The highest BCUT2D eigenvalue weighted by Gasteiger charge is 2.14. The minimum absolute atomic E-state index is 0.274. The first-order valence-corrected chi connectivity index (χ1v) is 8.05.